The maximum absolute atomic E-state index is 11.9. The molecule has 0 bridgehead atoms. The number of esters is 2. The molecule has 0 aromatic heterocycles. The number of aldehydes is 1. The smallest absolute Gasteiger partial charge is 0.344 e. The van der Waals surface area contributed by atoms with Crippen LogP contribution >= 0.6 is 0 Å². The first-order valence-electron chi connectivity index (χ1n) is 11.0. The molecule has 0 N–H and O–H groups in total. The van der Waals surface area contributed by atoms with Crippen molar-refractivity contribution in [2.24, 2.45) is 0 Å². The third-order valence-electron chi connectivity index (χ3n) is 4.71. The molecule has 7 heteroatoms. The van der Waals surface area contributed by atoms with Gasteiger partial charge in [-0.05, 0) is 67.6 Å². The molecule has 7 nitrogen and oxygen atoms in total. The van der Waals surface area contributed by atoms with Gasteiger partial charge in [0.05, 0.1) is 18.8 Å². The highest BCUT2D eigenvalue weighted by Gasteiger charge is 2.17. The highest BCUT2D eigenvalue weighted by molar-refractivity contribution is 5.87. The zero-order chi connectivity index (χ0) is 24.9. The minimum atomic E-state index is -0.532. The van der Waals surface area contributed by atoms with Crippen LogP contribution in [0.3, 0.4) is 0 Å². The van der Waals surface area contributed by atoms with E-state index in [1.165, 1.54) is 0 Å². The van der Waals surface area contributed by atoms with Gasteiger partial charge in [-0.2, -0.15) is 0 Å². The second-order valence-electron chi connectivity index (χ2n) is 7.18. The van der Waals surface area contributed by atoms with Crippen molar-refractivity contribution in [2.45, 2.75) is 26.7 Å². The molecule has 0 atom stereocenters. The van der Waals surface area contributed by atoms with Gasteiger partial charge < -0.3 is 18.9 Å². The third-order valence-corrected chi connectivity index (χ3v) is 4.71. The van der Waals surface area contributed by atoms with Gasteiger partial charge in [0.25, 0.3) is 0 Å². The van der Waals surface area contributed by atoms with Crippen molar-refractivity contribution in [3.05, 3.63) is 72.3 Å². The second kappa shape index (κ2) is 13.6. The molecule has 0 fully saturated rings. The lowest BCUT2D eigenvalue weighted by molar-refractivity contribution is -0.146. The van der Waals surface area contributed by atoms with Crippen molar-refractivity contribution in [1.82, 2.24) is 0 Å². The van der Waals surface area contributed by atoms with E-state index in [1.54, 1.807) is 44.2 Å². The molecule has 0 amide bonds. The van der Waals surface area contributed by atoms with Crippen LogP contribution in [-0.2, 0) is 31.9 Å². The Morgan fingerprint density at radius 1 is 0.882 bits per heavy atom. The van der Waals surface area contributed by atoms with Crippen LogP contribution in [0.5, 0.6) is 11.5 Å². The van der Waals surface area contributed by atoms with Gasteiger partial charge in [-0.25, -0.2) is 9.59 Å². The summed E-state index contributed by atoms with van der Waals surface area (Å²) < 4.78 is 21.3. The minimum absolute atomic E-state index is 0.213. The van der Waals surface area contributed by atoms with Crippen molar-refractivity contribution in [2.75, 3.05) is 26.4 Å². The first-order chi connectivity index (χ1) is 16.5. The summed E-state index contributed by atoms with van der Waals surface area (Å²) in [5.74, 6) is -0.196. The normalized spacial score (nSPS) is 10.2. The van der Waals surface area contributed by atoms with Gasteiger partial charge >= 0.3 is 11.9 Å². The fourth-order valence-corrected chi connectivity index (χ4v) is 3.34. The van der Waals surface area contributed by atoms with E-state index >= 15 is 0 Å². The van der Waals surface area contributed by atoms with Gasteiger partial charge in [0.2, 0.25) is 0 Å². The Bertz CT molecular complexity index is 1040. The molecule has 0 heterocycles. The molecular weight excluding hydrogens is 436 g/mol. The third kappa shape index (κ3) is 7.33. The van der Waals surface area contributed by atoms with Crippen molar-refractivity contribution >= 4 is 18.2 Å². The van der Waals surface area contributed by atoms with E-state index in [-0.39, 0.29) is 32.2 Å². The fourth-order valence-electron chi connectivity index (χ4n) is 3.34. The van der Waals surface area contributed by atoms with E-state index < -0.39 is 11.9 Å². The lowest BCUT2D eigenvalue weighted by atomic mass is 9.95. The zero-order valence-corrected chi connectivity index (χ0v) is 19.6. The van der Waals surface area contributed by atoms with E-state index in [1.807, 2.05) is 12.1 Å². The Labute approximate surface area is 200 Å². The fraction of sp³-hybridized carbons (Fsp3) is 0.296. The first kappa shape index (κ1) is 26.4. The van der Waals surface area contributed by atoms with E-state index in [0.717, 1.165) is 16.7 Å². The lowest BCUT2D eigenvalue weighted by Crippen LogP contribution is -2.16. The molecule has 2 rings (SSSR count). The van der Waals surface area contributed by atoms with Crippen molar-refractivity contribution in [3.63, 3.8) is 0 Å². The van der Waals surface area contributed by atoms with Crippen LogP contribution in [0.15, 0.2) is 55.6 Å². The number of hydrogen-bond acceptors (Lipinski definition) is 7. The van der Waals surface area contributed by atoms with Crippen LogP contribution in [0.2, 0.25) is 0 Å². The van der Waals surface area contributed by atoms with Crippen LogP contribution in [0.1, 0.15) is 35.3 Å². The summed E-state index contributed by atoms with van der Waals surface area (Å²) in [7, 11) is 0. The summed E-state index contributed by atoms with van der Waals surface area (Å²) in [5.41, 5.74) is 3.34. The molecule has 180 valence electrons. The highest BCUT2D eigenvalue weighted by Crippen LogP contribution is 2.37. The van der Waals surface area contributed by atoms with Crippen LogP contribution in [0.4, 0.5) is 0 Å². The molecule has 0 radical (unpaired) electrons. The van der Waals surface area contributed by atoms with Crippen LogP contribution in [0, 0.1) is 0 Å². The summed E-state index contributed by atoms with van der Waals surface area (Å²) in [4.78, 5) is 35.4. The number of hydrogen-bond donors (Lipinski definition) is 0. The Balaban J connectivity index is 2.51. The average Bonchev–Trinajstić information content (AvgIpc) is 2.82. The van der Waals surface area contributed by atoms with E-state index in [0.29, 0.717) is 36.0 Å². The number of ether oxygens (including phenoxy) is 4. The molecule has 0 aliphatic rings. The summed E-state index contributed by atoms with van der Waals surface area (Å²) >= 11 is 0. The van der Waals surface area contributed by atoms with Crippen LogP contribution in [-0.4, -0.2) is 44.7 Å². The van der Waals surface area contributed by atoms with Gasteiger partial charge in [0.15, 0.2) is 19.5 Å². The molecule has 0 saturated carbocycles. The van der Waals surface area contributed by atoms with Gasteiger partial charge in [-0.3, -0.25) is 4.79 Å². The van der Waals surface area contributed by atoms with E-state index in [4.69, 9.17) is 18.9 Å². The Kier molecular flexibility index (Phi) is 10.6. The number of allylic oxidation sites excluding steroid dienone is 2. The summed E-state index contributed by atoms with van der Waals surface area (Å²) in [6.45, 7) is 11.0. The van der Waals surface area contributed by atoms with Crippen molar-refractivity contribution in [1.29, 1.82) is 0 Å². The summed E-state index contributed by atoms with van der Waals surface area (Å²) in [6.07, 6.45) is 5.18. The molecule has 0 saturated heterocycles. The van der Waals surface area contributed by atoms with Gasteiger partial charge in [-0.15, -0.1) is 13.2 Å². The standard InChI is InChI=1S/C27H30O7/c1-5-9-19-13-22(16-28)27(34-18-26(30)32-8-4)23(14-19)20-11-12-24(21(15-20)10-6-2)33-17-25(29)31-7-3/h5-6,11-16H,1-2,7-10,17-18H2,3-4H3. The molecule has 0 aliphatic heterocycles. The largest absolute Gasteiger partial charge is 0.482 e. The Morgan fingerprint density at radius 2 is 1.53 bits per heavy atom. The van der Waals surface area contributed by atoms with Crippen molar-refractivity contribution in [3.8, 4) is 22.6 Å². The summed E-state index contributed by atoms with van der Waals surface area (Å²) in [6, 6.07) is 9.01. The average molecular weight is 467 g/mol. The molecule has 2 aromatic carbocycles. The van der Waals surface area contributed by atoms with Crippen LogP contribution in [0.25, 0.3) is 11.1 Å². The highest BCUT2D eigenvalue weighted by atomic mass is 16.6. The van der Waals surface area contributed by atoms with Gasteiger partial charge in [0, 0.05) is 5.56 Å². The van der Waals surface area contributed by atoms with Crippen molar-refractivity contribution < 1.29 is 33.3 Å². The molecule has 34 heavy (non-hydrogen) atoms. The molecule has 0 spiro atoms. The Hall–Kier alpha value is -3.87. The zero-order valence-electron chi connectivity index (χ0n) is 19.6. The number of carbonyl (C=O) groups is 3. The minimum Gasteiger partial charge on any atom is -0.482 e. The monoisotopic (exact) mass is 466 g/mol. The number of carbonyl (C=O) groups excluding carboxylic acids is 3. The number of benzene rings is 2. The van der Waals surface area contributed by atoms with Crippen LogP contribution < -0.4 is 9.47 Å². The number of rotatable bonds is 14. The predicted molar refractivity (Wildman–Crippen MR) is 129 cm³/mol. The van der Waals surface area contributed by atoms with Gasteiger partial charge in [0.1, 0.15) is 11.5 Å². The molecule has 2 aromatic rings. The quantitative estimate of drug-likeness (QED) is 0.230. The maximum Gasteiger partial charge on any atom is 0.344 e. The first-order valence-corrected chi connectivity index (χ1v) is 11.0. The lowest BCUT2D eigenvalue weighted by Gasteiger charge is -2.17. The van der Waals surface area contributed by atoms with Gasteiger partial charge in [-0.1, -0.05) is 18.2 Å². The summed E-state index contributed by atoms with van der Waals surface area (Å²) in [5, 5.41) is 0. The molecule has 0 unspecified atom stereocenters. The molecular formula is C27H30O7. The second-order valence-corrected chi connectivity index (χ2v) is 7.18. The van der Waals surface area contributed by atoms with E-state index in [2.05, 4.69) is 13.2 Å². The SMILES string of the molecule is C=CCc1cc(C=O)c(OCC(=O)OCC)c(-c2ccc(OCC(=O)OCC)c(CC=C)c2)c1. The predicted octanol–water partition coefficient (Wildman–Crippen LogP) is 4.51. The topological polar surface area (TPSA) is 88.1 Å². The molecule has 0 aliphatic carbocycles. The maximum atomic E-state index is 11.9. The Morgan fingerprint density at radius 3 is 2.12 bits per heavy atom. The van der Waals surface area contributed by atoms with E-state index in [9.17, 15) is 14.4 Å².